The third kappa shape index (κ3) is 2.95. The molecule has 1 saturated heterocycles. The van der Waals surface area contributed by atoms with Gasteiger partial charge < -0.3 is 4.98 Å². The number of nitrogens with zero attached hydrogens (tertiary/aromatic N) is 1. The van der Waals surface area contributed by atoms with E-state index < -0.39 is 21.9 Å². The number of H-pyrrole nitrogens is 1. The zero-order valence-corrected chi connectivity index (χ0v) is 10.1. The van der Waals surface area contributed by atoms with Crippen LogP contribution in [0.15, 0.2) is 23.0 Å². The highest BCUT2D eigenvalue weighted by Crippen LogP contribution is 2.23. The minimum Gasteiger partial charge on any atom is -0.308 e. The first-order chi connectivity index (χ1) is 8.35. The van der Waals surface area contributed by atoms with Crippen LogP contribution >= 0.6 is 0 Å². The quantitative estimate of drug-likeness (QED) is 0.788. The summed E-state index contributed by atoms with van der Waals surface area (Å²) in [5.41, 5.74) is -0.359. The lowest BCUT2D eigenvalue weighted by Crippen LogP contribution is -2.27. The first kappa shape index (κ1) is 12.7. The van der Waals surface area contributed by atoms with Gasteiger partial charge in [-0.2, -0.15) is 8.42 Å². The predicted octanol–water partition coefficient (Wildman–Crippen LogP) is 0.0271. The molecule has 0 spiro atoms. The van der Waals surface area contributed by atoms with Gasteiger partial charge in [-0.15, -0.1) is 3.89 Å². The number of hydrogen-bond acceptors (Lipinski definition) is 4. The van der Waals surface area contributed by atoms with Gasteiger partial charge in [0.1, 0.15) is 5.82 Å². The van der Waals surface area contributed by atoms with Crippen LogP contribution in [0.5, 0.6) is 0 Å². The number of anilines is 1. The number of halogens is 1. The number of aromatic nitrogens is 1. The van der Waals surface area contributed by atoms with Gasteiger partial charge in [0.15, 0.2) is 0 Å². The van der Waals surface area contributed by atoms with Crippen molar-refractivity contribution >= 4 is 21.9 Å². The highest BCUT2D eigenvalue weighted by atomic mass is 32.3. The summed E-state index contributed by atoms with van der Waals surface area (Å²) in [5.74, 6) is -1.29. The zero-order valence-electron chi connectivity index (χ0n) is 9.30. The molecule has 1 aliphatic rings. The van der Waals surface area contributed by atoms with Crippen LogP contribution in [-0.2, 0) is 15.0 Å². The van der Waals surface area contributed by atoms with E-state index in [1.807, 2.05) is 0 Å². The Morgan fingerprint density at radius 3 is 2.72 bits per heavy atom. The molecule has 1 fully saturated rings. The molecule has 1 aliphatic heterocycles. The van der Waals surface area contributed by atoms with E-state index in [-0.39, 0.29) is 24.4 Å². The van der Waals surface area contributed by atoms with Crippen LogP contribution in [0.3, 0.4) is 0 Å². The Labute approximate surface area is 103 Å². The minimum atomic E-state index is -4.60. The van der Waals surface area contributed by atoms with Gasteiger partial charge in [-0.25, -0.2) is 0 Å². The lowest BCUT2D eigenvalue weighted by Gasteiger charge is -2.15. The molecule has 1 atom stereocenters. The SMILES string of the molecule is O=C1CC(CS(=O)(=O)F)CN1c1cccc(=O)[nH]1. The molecule has 98 valence electrons. The summed E-state index contributed by atoms with van der Waals surface area (Å²) in [6.45, 7) is 0.0853. The van der Waals surface area contributed by atoms with E-state index in [9.17, 15) is 21.9 Å². The van der Waals surface area contributed by atoms with E-state index in [2.05, 4.69) is 4.98 Å². The molecule has 0 aromatic carbocycles. The van der Waals surface area contributed by atoms with Crippen molar-refractivity contribution in [3.05, 3.63) is 28.6 Å². The van der Waals surface area contributed by atoms with E-state index in [0.717, 1.165) is 0 Å². The van der Waals surface area contributed by atoms with Gasteiger partial charge in [-0.05, 0) is 6.07 Å². The number of carbonyl (C=O) groups is 1. The molecular weight excluding hydrogens is 263 g/mol. The molecule has 2 rings (SSSR count). The van der Waals surface area contributed by atoms with Crippen LogP contribution in [-0.4, -0.2) is 31.6 Å². The Morgan fingerprint density at radius 2 is 2.11 bits per heavy atom. The average Bonchev–Trinajstić information content (AvgIpc) is 2.56. The largest absolute Gasteiger partial charge is 0.308 e. The molecule has 1 amide bonds. The summed E-state index contributed by atoms with van der Waals surface area (Å²) < 4.78 is 33.6. The number of hydrogen-bond donors (Lipinski definition) is 1. The average molecular weight is 274 g/mol. The maximum Gasteiger partial charge on any atom is 0.302 e. The smallest absolute Gasteiger partial charge is 0.302 e. The highest BCUT2D eigenvalue weighted by molar-refractivity contribution is 7.86. The number of carbonyl (C=O) groups excluding carboxylic acids is 1. The van der Waals surface area contributed by atoms with Gasteiger partial charge >= 0.3 is 10.2 Å². The van der Waals surface area contributed by atoms with Crippen molar-refractivity contribution in [3.63, 3.8) is 0 Å². The van der Waals surface area contributed by atoms with E-state index in [1.54, 1.807) is 0 Å². The third-order valence-corrected chi connectivity index (χ3v) is 3.55. The van der Waals surface area contributed by atoms with E-state index in [1.165, 1.54) is 23.1 Å². The fraction of sp³-hybridized carbons (Fsp3) is 0.400. The Morgan fingerprint density at radius 1 is 1.39 bits per heavy atom. The van der Waals surface area contributed by atoms with E-state index in [0.29, 0.717) is 5.82 Å². The predicted molar refractivity (Wildman–Crippen MR) is 62.4 cm³/mol. The second kappa shape index (κ2) is 4.52. The van der Waals surface area contributed by atoms with Crippen LogP contribution in [0, 0.1) is 5.92 Å². The number of pyridine rings is 1. The topological polar surface area (TPSA) is 87.3 Å². The molecule has 0 bridgehead atoms. The first-order valence-corrected chi connectivity index (χ1v) is 6.82. The second-order valence-electron chi connectivity index (χ2n) is 4.18. The van der Waals surface area contributed by atoms with Gasteiger partial charge in [-0.1, -0.05) is 6.07 Å². The maximum atomic E-state index is 12.5. The van der Waals surface area contributed by atoms with Crippen LogP contribution in [0.25, 0.3) is 0 Å². The van der Waals surface area contributed by atoms with Gasteiger partial charge in [0.2, 0.25) is 11.5 Å². The standard InChI is InChI=1S/C10H11FN2O4S/c11-18(16,17)6-7-4-10(15)13(5-7)8-2-1-3-9(14)12-8/h1-3,7H,4-6H2,(H,12,14). The number of aromatic amines is 1. The molecule has 8 heteroatoms. The number of amides is 1. The fourth-order valence-electron chi connectivity index (χ4n) is 2.00. The van der Waals surface area contributed by atoms with Crippen LogP contribution < -0.4 is 10.5 Å². The normalized spacial score (nSPS) is 20.4. The monoisotopic (exact) mass is 274 g/mol. The minimum absolute atomic E-state index is 0.0416. The molecule has 1 N–H and O–H groups in total. The van der Waals surface area contributed by atoms with Crippen molar-refractivity contribution in [2.45, 2.75) is 6.42 Å². The Hall–Kier alpha value is -1.70. The Kier molecular flexibility index (Phi) is 3.20. The van der Waals surface area contributed by atoms with Crippen molar-refractivity contribution in [1.82, 2.24) is 4.98 Å². The maximum absolute atomic E-state index is 12.5. The third-order valence-electron chi connectivity index (χ3n) is 2.68. The molecule has 0 radical (unpaired) electrons. The van der Waals surface area contributed by atoms with Crippen molar-refractivity contribution in [2.75, 3.05) is 17.2 Å². The summed E-state index contributed by atoms with van der Waals surface area (Å²) in [7, 11) is -4.60. The van der Waals surface area contributed by atoms with Crippen LogP contribution in [0.1, 0.15) is 6.42 Å². The second-order valence-corrected chi connectivity index (χ2v) is 5.59. The van der Waals surface area contributed by atoms with Gasteiger partial charge in [0, 0.05) is 24.9 Å². The van der Waals surface area contributed by atoms with Crippen LogP contribution in [0.4, 0.5) is 9.70 Å². The summed E-state index contributed by atoms with van der Waals surface area (Å²) in [6, 6.07) is 4.32. The van der Waals surface area contributed by atoms with Crippen molar-refractivity contribution in [1.29, 1.82) is 0 Å². The van der Waals surface area contributed by atoms with Gasteiger partial charge in [-0.3, -0.25) is 14.5 Å². The van der Waals surface area contributed by atoms with Crippen molar-refractivity contribution in [3.8, 4) is 0 Å². The summed E-state index contributed by atoms with van der Waals surface area (Å²) in [6.07, 6.45) is -0.0416. The summed E-state index contributed by atoms with van der Waals surface area (Å²) >= 11 is 0. The van der Waals surface area contributed by atoms with E-state index in [4.69, 9.17) is 0 Å². The molecule has 18 heavy (non-hydrogen) atoms. The van der Waals surface area contributed by atoms with Crippen LogP contribution in [0.2, 0.25) is 0 Å². The van der Waals surface area contributed by atoms with Gasteiger partial charge in [0.25, 0.3) is 0 Å². The number of nitrogens with one attached hydrogen (secondary N) is 1. The lowest BCUT2D eigenvalue weighted by molar-refractivity contribution is -0.117. The molecule has 1 aromatic rings. The molecular formula is C10H11FN2O4S. The highest BCUT2D eigenvalue weighted by Gasteiger charge is 2.33. The Balaban J connectivity index is 2.17. The Bertz CT molecular complexity index is 625. The lowest BCUT2D eigenvalue weighted by atomic mass is 10.1. The summed E-state index contributed by atoms with van der Waals surface area (Å²) in [4.78, 5) is 26.5. The van der Waals surface area contributed by atoms with Gasteiger partial charge in [0.05, 0.1) is 5.75 Å². The summed E-state index contributed by atoms with van der Waals surface area (Å²) in [5, 5.41) is 0. The fourth-order valence-corrected chi connectivity index (χ4v) is 2.79. The molecule has 0 saturated carbocycles. The van der Waals surface area contributed by atoms with E-state index >= 15 is 0 Å². The molecule has 1 unspecified atom stereocenters. The van der Waals surface area contributed by atoms with Crippen molar-refractivity contribution < 1.29 is 17.1 Å². The first-order valence-electron chi connectivity index (χ1n) is 5.27. The number of rotatable bonds is 3. The molecule has 2 heterocycles. The van der Waals surface area contributed by atoms with Crippen molar-refractivity contribution in [2.24, 2.45) is 5.92 Å². The molecule has 0 aliphatic carbocycles. The molecule has 1 aromatic heterocycles. The zero-order chi connectivity index (χ0) is 13.3. The molecule has 6 nitrogen and oxygen atoms in total.